The van der Waals surface area contributed by atoms with Crippen molar-refractivity contribution in [1.29, 1.82) is 5.26 Å². The molecule has 0 heterocycles. The van der Waals surface area contributed by atoms with Gasteiger partial charge >= 0.3 is 0 Å². The third-order valence-corrected chi connectivity index (χ3v) is 7.14. The molecule has 1 amide bonds. The number of nitriles is 1. The number of anilines is 1. The van der Waals surface area contributed by atoms with Crippen LogP contribution < -0.4 is 14.8 Å². The molecule has 5 aromatic carbocycles. The van der Waals surface area contributed by atoms with Gasteiger partial charge in [0.25, 0.3) is 5.91 Å². The number of hydrogen-bond acceptors (Lipinski definition) is 4. The molecule has 0 unspecified atom stereocenters. The van der Waals surface area contributed by atoms with Crippen molar-refractivity contribution in [2.24, 2.45) is 0 Å². The second kappa shape index (κ2) is 13.0. The fourth-order valence-corrected chi connectivity index (χ4v) is 4.81. The van der Waals surface area contributed by atoms with Crippen LogP contribution in [0.1, 0.15) is 22.3 Å². The molecule has 0 saturated carbocycles. The average molecular weight is 604 g/mol. The molecule has 202 valence electrons. The first-order chi connectivity index (χ1) is 20.0. The summed E-state index contributed by atoms with van der Waals surface area (Å²) in [5.41, 5.74) is 4.42. The molecule has 1 N–H and O–H groups in total. The average Bonchev–Trinajstić information content (AvgIpc) is 3.00. The fourth-order valence-electron chi connectivity index (χ4n) is 4.43. The molecule has 0 aromatic heterocycles. The van der Waals surface area contributed by atoms with Crippen molar-refractivity contribution in [1.82, 2.24) is 0 Å². The summed E-state index contributed by atoms with van der Waals surface area (Å²) in [6.07, 6.45) is 1.54. The topological polar surface area (TPSA) is 71.3 Å². The molecule has 0 spiro atoms. The van der Waals surface area contributed by atoms with E-state index in [1.807, 2.05) is 66.7 Å². The van der Waals surface area contributed by atoms with Gasteiger partial charge in [0.05, 0.1) is 0 Å². The van der Waals surface area contributed by atoms with Crippen molar-refractivity contribution in [2.75, 3.05) is 5.32 Å². The molecule has 6 heteroatoms. The number of nitrogens with zero attached hydrogens (tertiary/aromatic N) is 1. The van der Waals surface area contributed by atoms with Crippen LogP contribution >= 0.6 is 15.9 Å². The predicted molar refractivity (Wildman–Crippen MR) is 167 cm³/mol. The minimum atomic E-state index is -0.513. The number of ether oxygens (including phenoxy) is 2. The molecule has 0 atom stereocenters. The lowest BCUT2D eigenvalue weighted by molar-refractivity contribution is -0.112. The van der Waals surface area contributed by atoms with Crippen LogP contribution in [0.2, 0.25) is 0 Å². The Hall–Kier alpha value is -4.86. The summed E-state index contributed by atoms with van der Waals surface area (Å²) in [7, 11) is 0. The summed E-state index contributed by atoms with van der Waals surface area (Å²) in [6, 6.07) is 36.9. The van der Waals surface area contributed by atoms with Gasteiger partial charge in [-0.25, -0.2) is 0 Å². The monoisotopic (exact) mass is 602 g/mol. The predicted octanol–water partition coefficient (Wildman–Crippen LogP) is 8.61. The Morgan fingerprint density at radius 1 is 0.878 bits per heavy atom. The molecule has 0 saturated heterocycles. The first-order valence-corrected chi connectivity index (χ1v) is 13.9. The van der Waals surface area contributed by atoms with E-state index in [-0.39, 0.29) is 5.57 Å². The quantitative estimate of drug-likeness (QED) is 0.135. The van der Waals surface area contributed by atoms with Crippen molar-refractivity contribution >= 4 is 44.4 Å². The van der Waals surface area contributed by atoms with Crippen LogP contribution in [0.5, 0.6) is 11.5 Å². The van der Waals surface area contributed by atoms with Crippen LogP contribution in [0.25, 0.3) is 16.8 Å². The number of carbonyl (C=O) groups excluding carboxylic acids is 1. The number of fused-ring (bicyclic) bond motifs is 1. The van der Waals surface area contributed by atoms with E-state index < -0.39 is 5.91 Å². The SMILES string of the molecule is Cc1ccc2ccccc2c1COc1ccc(Br)cc1/C=C(\C#N)C(=O)Nc1ccc(OCc2ccccc2)cc1. The highest BCUT2D eigenvalue weighted by Crippen LogP contribution is 2.29. The van der Waals surface area contributed by atoms with Crippen LogP contribution in [-0.2, 0) is 18.0 Å². The van der Waals surface area contributed by atoms with Crippen molar-refractivity contribution in [3.05, 3.63) is 141 Å². The van der Waals surface area contributed by atoms with E-state index in [2.05, 4.69) is 52.4 Å². The molecule has 0 aliphatic heterocycles. The van der Waals surface area contributed by atoms with E-state index in [1.165, 1.54) is 0 Å². The zero-order valence-electron chi connectivity index (χ0n) is 22.4. The molecule has 5 rings (SSSR count). The van der Waals surface area contributed by atoms with E-state index in [0.29, 0.717) is 36.0 Å². The van der Waals surface area contributed by atoms with Crippen LogP contribution in [-0.4, -0.2) is 5.91 Å². The lowest BCUT2D eigenvalue weighted by Crippen LogP contribution is -2.13. The van der Waals surface area contributed by atoms with Gasteiger partial charge in [0.1, 0.15) is 36.4 Å². The molecule has 0 radical (unpaired) electrons. The van der Waals surface area contributed by atoms with Gasteiger partial charge in [-0.2, -0.15) is 5.26 Å². The number of hydrogen-bond donors (Lipinski definition) is 1. The van der Waals surface area contributed by atoms with Gasteiger partial charge in [-0.05, 0) is 77.4 Å². The first-order valence-electron chi connectivity index (χ1n) is 13.1. The Labute approximate surface area is 247 Å². The number of carbonyl (C=O) groups is 1. The first kappa shape index (κ1) is 27.7. The summed E-state index contributed by atoms with van der Waals surface area (Å²) in [5, 5.41) is 14.9. The Morgan fingerprint density at radius 3 is 2.41 bits per heavy atom. The highest BCUT2D eigenvalue weighted by molar-refractivity contribution is 9.10. The van der Waals surface area contributed by atoms with E-state index >= 15 is 0 Å². The minimum Gasteiger partial charge on any atom is -0.489 e. The summed E-state index contributed by atoms with van der Waals surface area (Å²) < 4.78 is 12.9. The Kier molecular flexibility index (Phi) is 8.78. The molecule has 5 aromatic rings. The highest BCUT2D eigenvalue weighted by atomic mass is 79.9. The lowest BCUT2D eigenvalue weighted by atomic mass is 10.0. The van der Waals surface area contributed by atoms with Gasteiger partial charge in [-0.1, -0.05) is 82.7 Å². The van der Waals surface area contributed by atoms with Gasteiger partial charge in [0.15, 0.2) is 0 Å². The van der Waals surface area contributed by atoms with Gasteiger partial charge in [0.2, 0.25) is 0 Å². The molecular weight excluding hydrogens is 576 g/mol. The number of benzene rings is 5. The minimum absolute atomic E-state index is 0.0429. The third-order valence-electron chi connectivity index (χ3n) is 6.64. The third kappa shape index (κ3) is 7.02. The molecule has 0 aliphatic rings. The number of rotatable bonds is 9. The van der Waals surface area contributed by atoms with E-state index in [1.54, 1.807) is 30.3 Å². The number of nitrogens with one attached hydrogen (secondary N) is 1. The fraction of sp³-hybridized carbons (Fsp3) is 0.0857. The number of amides is 1. The van der Waals surface area contributed by atoms with Crippen LogP contribution in [0.4, 0.5) is 5.69 Å². The maximum Gasteiger partial charge on any atom is 0.266 e. The second-order valence-electron chi connectivity index (χ2n) is 9.48. The van der Waals surface area contributed by atoms with E-state index in [0.717, 1.165) is 31.9 Å². The maximum atomic E-state index is 13.0. The van der Waals surface area contributed by atoms with Crippen LogP contribution in [0.3, 0.4) is 0 Å². The molecule has 0 fully saturated rings. The summed E-state index contributed by atoms with van der Waals surface area (Å²) >= 11 is 3.49. The number of aryl methyl sites for hydroxylation is 1. The van der Waals surface area contributed by atoms with Gasteiger partial charge in [-0.3, -0.25) is 4.79 Å². The highest BCUT2D eigenvalue weighted by Gasteiger charge is 2.13. The van der Waals surface area contributed by atoms with Crippen molar-refractivity contribution in [2.45, 2.75) is 20.1 Å². The Morgan fingerprint density at radius 2 is 1.63 bits per heavy atom. The van der Waals surface area contributed by atoms with E-state index in [9.17, 15) is 10.1 Å². The maximum absolute atomic E-state index is 13.0. The Balaban J connectivity index is 1.30. The largest absolute Gasteiger partial charge is 0.489 e. The molecule has 0 aliphatic carbocycles. The molecule has 5 nitrogen and oxygen atoms in total. The zero-order chi connectivity index (χ0) is 28.6. The van der Waals surface area contributed by atoms with Crippen molar-refractivity contribution in [3.8, 4) is 17.6 Å². The van der Waals surface area contributed by atoms with Gasteiger partial charge in [-0.15, -0.1) is 0 Å². The zero-order valence-corrected chi connectivity index (χ0v) is 24.0. The van der Waals surface area contributed by atoms with Gasteiger partial charge in [0, 0.05) is 21.3 Å². The van der Waals surface area contributed by atoms with Crippen LogP contribution in [0, 0.1) is 18.3 Å². The summed E-state index contributed by atoms with van der Waals surface area (Å²) in [5.74, 6) is 0.738. The molecule has 0 bridgehead atoms. The number of halogens is 1. The van der Waals surface area contributed by atoms with Crippen molar-refractivity contribution < 1.29 is 14.3 Å². The molecule has 41 heavy (non-hydrogen) atoms. The summed E-state index contributed by atoms with van der Waals surface area (Å²) in [6.45, 7) is 2.86. The van der Waals surface area contributed by atoms with E-state index in [4.69, 9.17) is 9.47 Å². The standard InChI is InChI=1S/C35H27BrN2O3/c1-24-11-12-26-9-5-6-10-32(26)33(24)23-41-34-18-13-29(36)20-27(34)19-28(21-37)35(39)38-30-14-16-31(17-15-30)40-22-25-7-3-2-4-8-25/h2-20H,22-23H2,1H3,(H,38,39)/b28-19+. The Bertz CT molecular complexity index is 1760. The van der Waals surface area contributed by atoms with Gasteiger partial charge < -0.3 is 14.8 Å². The second-order valence-corrected chi connectivity index (χ2v) is 10.4. The van der Waals surface area contributed by atoms with Crippen LogP contribution in [0.15, 0.2) is 119 Å². The molecular formula is C35H27BrN2O3. The van der Waals surface area contributed by atoms with Crippen molar-refractivity contribution in [3.63, 3.8) is 0 Å². The smallest absolute Gasteiger partial charge is 0.266 e. The normalized spacial score (nSPS) is 11.1. The lowest BCUT2D eigenvalue weighted by Gasteiger charge is -2.14. The summed E-state index contributed by atoms with van der Waals surface area (Å²) in [4.78, 5) is 13.0.